The third kappa shape index (κ3) is 4.00. The summed E-state index contributed by atoms with van der Waals surface area (Å²) in [6.45, 7) is 15.8. The lowest BCUT2D eigenvalue weighted by atomic mass is 9.66. The van der Waals surface area contributed by atoms with Gasteiger partial charge in [-0.25, -0.2) is 0 Å². The Labute approximate surface area is 134 Å². The van der Waals surface area contributed by atoms with Gasteiger partial charge in [-0.2, -0.15) is 0 Å². The Kier molecular flexibility index (Phi) is 5.38. The van der Waals surface area contributed by atoms with Crippen LogP contribution in [0.5, 0.6) is 0 Å². The van der Waals surface area contributed by atoms with Gasteiger partial charge < -0.3 is 19.9 Å². The van der Waals surface area contributed by atoms with Crippen molar-refractivity contribution in [3.05, 3.63) is 0 Å². The predicted molar refractivity (Wildman–Crippen MR) is 86.4 cm³/mol. The lowest BCUT2D eigenvalue weighted by molar-refractivity contribution is -0.378. The standard InChI is InChI=1S/C17H33NO4/c1-9-17(10-13(19)21-14(2,3)4)15(5,6)12(11-18)20-16(7,8)22-17/h12H,9-11,18H2,1-8H3. The molecule has 0 aromatic rings. The molecular formula is C17H33NO4. The van der Waals surface area contributed by atoms with Crippen LogP contribution in [-0.2, 0) is 19.0 Å². The summed E-state index contributed by atoms with van der Waals surface area (Å²) in [6.07, 6.45) is 0.693. The van der Waals surface area contributed by atoms with Crippen LogP contribution in [0.15, 0.2) is 0 Å². The van der Waals surface area contributed by atoms with E-state index in [1.807, 2.05) is 55.4 Å². The quantitative estimate of drug-likeness (QED) is 0.808. The van der Waals surface area contributed by atoms with Gasteiger partial charge in [0.2, 0.25) is 0 Å². The SMILES string of the molecule is CCC1(CC(=O)OC(C)(C)C)OC(C)(C)OC(CN)C1(C)C. The molecule has 0 aliphatic carbocycles. The maximum Gasteiger partial charge on any atom is 0.309 e. The highest BCUT2D eigenvalue weighted by Crippen LogP contribution is 2.50. The van der Waals surface area contributed by atoms with Gasteiger partial charge in [0.1, 0.15) is 5.60 Å². The van der Waals surface area contributed by atoms with E-state index in [1.165, 1.54) is 0 Å². The molecule has 0 aromatic heterocycles. The molecule has 130 valence electrons. The van der Waals surface area contributed by atoms with Gasteiger partial charge in [0.15, 0.2) is 5.79 Å². The molecular weight excluding hydrogens is 282 g/mol. The molecule has 1 aliphatic heterocycles. The molecule has 1 heterocycles. The molecule has 22 heavy (non-hydrogen) atoms. The average molecular weight is 315 g/mol. The topological polar surface area (TPSA) is 70.8 Å². The molecule has 5 heteroatoms. The van der Waals surface area contributed by atoms with E-state index in [-0.39, 0.29) is 18.5 Å². The van der Waals surface area contributed by atoms with Gasteiger partial charge in [0.05, 0.1) is 18.1 Å². The number of carbonyl (C=O) groups is 1. The van der Waals surface area contributed by atoms with Crippen LogP contribution in [0.3, 0.4) is 0 Å². The third-order valence-corrected chi connectivity index (χ3v) is 4.48. The molecule has 0 amide bonds. The molecule has 2 unspecified atom stereocenters. The van der Waals surface area contributed by atoms with Crippen molar-refractivity contribution in [2.45, 2.75) is 91.3 Å². The number of hydrogen-bond acceptors (Lipinski definition) is 5. The van der Waals surface area contributed by atoms with Crippen molar-refractivity contribution < 1.29 is 19.0 Å². The summed E-state index contributed by atoms with van der Waals surface area (Å²) in [5, 5.41) is 0. The van der Waals surface area contributed by atoms with Gasteiger partial charge in [-0.3, -0.25) is 4.79 Å². The van der Waals surface area contributed by atoms with Crippen LogP contribution in [-0.4, -0.2) is 35.6 Å². The largest absolute Gasteiger partial charge is 0.460 e. The number of carbonyl (C=O) groups excluding carboxylic acids is 1. The molecule has 2 N–H and O–H groups in total. The van der Waals surface area contributed by atoms with Crippen LogP contribution in [0.2, 0.25) is 0 Å². The molecule has 0 bridgehead atoms. The predicted octanol–water partition coefficient (Wildman–Crippen LogP) is 3.00. The molecule has 1 fully saturated rings. The van der Waals surface area contributed by atoms with Crippen LogP contribution in [0.1, 0.15) is 68.2 Å². The first-order valence-corrected chi connectivity index (χ1v) is 8.08. The zero-order valence-electron chi connectivity index (χ0n) is 15.4. The van der Waals surface area contributed by atoms with Crippen molar-refractivity contribution in [2.75, 3.05) is 6.54 Å². The normalized spacial score (nSPS) is 30.9. The molecule has 2 atom stereocenters. The van der Waals surface area contributed by atoms with Crippen LogP contribution in [0, 0.1) is 5.41 Å². The Morgan fingerprint density at radius 1 is 1.23 bits per heavy atom. The van der Waals surface area contributed by atoms with E-state index >= 15 is 0 Å². The van der Waals surface area contributed by atoms with Gasteiger partial charge in [0.25, 0.3) is 0 Å². The first kappa shape index (κ1) is 19.4. The Bertz CT molecular complexity index is 411. The molecule has 1 aliphatic rings. The zero-order chi connectivity index (χ0) is 17.4. The molecule has 0 aromatic carbocycles. The van der Waals surface area contributed by atoms with E-state index in [9.17, 15) is 4.79 Å². The number of ether oxygens (including phenoxy) is 3. The smallest absolute Gasteiger partial charge is 0.309 e. The fourth-order valence-corrected chi connectivity index (χ4v) is 3.28. The maximum absolute atomic E-state index is 12.4. The first-order valence-electron chi connectivity index (χ1n) is 8.08. The van der Waals surface area contributed by atoms with Crippen LogP contribution in [0.25, 0.3) is 0 Å². The van der Waals surface area contributed by atoms with E-state index in [0.29, 0.717) is 13.0 Å². The lowest BCUT2D eigenvalue weighted by Crippen LogP contribution is -2.65. The van der Waals surface area contributed by atoms with Crippen LogP contribution in [0.4, 0.5) is 0 Å². The highest BCUT2D eigenvalue weighted by atomic mass is 16.7. The molecule has 0 radical (unpaired) electrons. The van der Waals surface area contributed by atoms with Crippen molar-refractivity contribution in [3.63, 3.8) is 0 Å². The van der Waals surface area contributed by atoms with Crippen LogP contribution >= 0.6 is 0 Å². The van der Waals surface area contributed by atoms with E-state index in [2.05, 4.69) is 0 Å². The molecule has 0 saturated carbocycles. The molecule has 5 nitrogen and oxygen atoms in total. The fourth-order valence-electron chi connectivity index (χ4n) is 3.28. The van der Waals surface area contributed by atoms with Gasteiger partial charge in [-0.05, 0) is 41.0 Å². The van der Waals surface area contributed by atoms with Crippen molar-refractivity contribution in [1.29, 1.82) is 0 Å². The Balaban J connectivity index is 3.13. The van der Waals surface area contributed by atoms with E-state index < -0.39 is 22.4 Å². The van der Waals surface area contributed by atoms with E-state index in [1.54, 1.807) is 0 Å². The summed E-state index contributed by atoms with van der Waals surface area (Å²) in [7, 11) is 0. The number of nitrogens with two attached hydrogens (primary N) is 1. The summed E-state index contributed by atoms with van der Waals surface area (Å²) < 4.78 is 17.7. The van der Waals surface area contributed by atoms with E-state index in [4.69, 9.17) is 19.9 Å². The summed E-state index contributed by atoms with van der Waals surface area (Å²) >= 11 is 0. The molecule has 1 rings (SSSR count). The van der Waals surface area contributed by atoms with Gasteiger partial charge in [-0.1, -0.05) is 20.8 Å². The zero-order valence-corrected chi connectivity index (χ0v) is 15.4. The second-order valence-corrected chi connectivity index (χ2v) is 8.18. The number of rotatable bonds is 4. The Morgan fingerprint density at radius 2 is 1.77 bits per heavy atom. The monoisotopic (exact) mass is 315 g/mol. The minimum absolute atomic E-state index is 0.182. The lowest BCUT2D eigenvalue weighted by Gasteiger charge is -2.58. The third-order valence-electron chi connectivity index (χ3n) is 4.48. The van der Waals surface area contributed by atoms with Crippen molar-refractivity contribution in [1.82, 2.24) is 0 Å². The fraction of sp³-hybridized carbons (Fsp3) is 0.941. The Morgan fingerprint density at radius 3 is 2.18 bits per heavy atom. The Hall–Kier alpha value is -0.650. The van der Waals surface area contributed by atoms with E-state index in [0.717, 1.165) is 0 Å². The summed E-state index contributed by atoms with van der Waals surface area (Å²) in [4.78, 5) is 12.4. The minimum Gasteiger partial charge on any atom is -0.460 e. The van der Waals surface area contributed by atoms with Gasteiger partial charge in [0, 0.05) is 12.0 Å². The second kappa shape index (κ2) is 6.10. The average Bonchev–Trinajstić information content (AvgIpc) is 2.30. The summed E-state index contributed by atoms with van der Waals surface area (Å²) in [5.41, 5.74) is 4.34. The first-order chi connectivity index (χ1) is 9.78. The maximum atomic E-state index is 12.4. The van der Waals surface area contributed by atoms with Crippen molar-refractivity contribution >= 4 is 5.97 Å². The highest BCUT2D eigenvalue weighted by molar-refractivity contribution is 5.71. The molecule has 0 spiro atoms. The minimum atomic E-state index is -0.780. The number of esters is 1. The molecule has 1 saturated heterocycles. The second-order valence-electron chi connectivity index (χ2n) is 8.18. The summed E-state index contributed by atoms with van der Waals surface area (Å²) in [5.74, 6) is -1.03. The van der Waals surface area contributed by atoms with Gasteiger partial charge >= 0.3 is 5.97 Å². The van der Waals surface area contributed by atoms with Gasteiger partial charge in [-0.15, -0.1) is 0 Å². The number of hydrogen-bond donors (Lipinski definition) is 1. The summed E-state index contributed by atoms with van der Waals surface area (Å²) in [6, 6.07) is 0. The highest BCUT2D eigenvalue weighted by Gasteiger charge is 2.58. The van der Waals surface area contributed by atoms with Crippen molar-refractivity contribution in [2.24, 2.45) is 11.1 Å². The van der Waals surface area contributed by atoms with Crippen LogP contribution < -0.4 is 5.73 Å². The van der Waals surface area contributed by atoms with Crippen molar-refractivity contribution in [3.8, 4) is 0 Å².